The van der Waals surface area contributed by atoms with E-state index >= 15 is 0 Å². The molecule has 94 valence electrons. The third kappa shape index (κ3) is 3.44. The normalized spacial score (nSPS) is 19.3. The number of carbonyl (C=O) groups excluding carboxylic acids is 1. The molecule has 1 amide bonds. The Balaban J connectivity index is 1.80. The smallest absolute Gasteiger partial charge is 0.240 e. The topological polar surface area (TPSA) is 23.6 Å². The van der Waals surface area contributed by atoms with E-state index < -0.39 is 5.38 Å². The van der Waals surface area contributed by atoms with Crippen LogP contribution in [0, 0.1) is 0 Å². The monoisotopic (exact) mass is 272 g/mol. The maximum Gasteiger partial charge on any atom is 0.240 e. The number of alkyl halides is 1. The zero-order valence-electron chi connectivity index (χ0n) is 9.93. The lowest BCUT2D eigenvalue weighted by molar-refractivity contribution is -0.132. The number of piperazine rings is 1. The zero-order valence-corrected chi connectivity index (χ0v) is 11.5. The third-order valence-electron chi connectivity index (χ3n) is 2.98. The van der Waals surface area contributed by atoms with E-state index in [0.29, 0.717) is 0 Å². The summed E-state index contributed by atoms with van der Waals surface area (Å²) in [5, 5.41) is 1.70. The van der Waals surface area contributed by atoms with E-state index in [0.717, 1.165) is 32.7 Å². The van der Waals surface area contributed by atoms with E-state index in [4.69, 9.17) is 11.6 Å². The van der Waals surface area contributed by atoms with E-state index in [1.54, 1.807) is 18.3 Å². The second kappa shape index (κ2) is 5.85. The van der Waals surface area contributed by atoms with Crippen molar-refractivity contribution in [3.8, 4) is 0 Å². The molecule has 0 aromatic carbocycles. The molecule has 0 aliphatic carbocycles. The van der Waals surface area contributed by atoms with E-state index in [9.17, 15) is 4.79 Å². The first-order chi connectivity index (χ1) is 8.16. The van der Waals surface area contributed by atoms with Crippen molar-refractivity contribution in [1.29, 1.82) is 0 Å². The lowest BCUT2D eigenvalue weighted by atomic mass is 10.2. The molecule has 1 aliphatic heterocycles. The highest BCUT2D eigenvalue weighted by atomic mass is 35.5. The summed E-state index contributed by atoms with van der Waals surface area (Å²) in [6.07, 6.45) is 0. The van der Waals surface area contributed by atoms with E-state index in [1.807, 2.05) is 4.90 Å². The Labute approximate surface area is 111 Å². The summed E-state index contributed by atoms with van der Waals surface area (Å²) >= 11 is 7.60. The van der Waals surface area contributed by atoms with Gasteiger partial charge in [0.05, 0.1) is 0 Å². The molecule has 1 atom stereocenters. The molecule has 3 nitrogen and oxygen atoms in total. The van der Waals surface area contributed by atoms with Gasteiger partial charge in [-0.1, -0.05) is 6.07 Å². The van der Waals surface area contributed by atoms with Crippen molar-refractivity contribution in [2.24, 2.45) is 0 Å². The fourth-order valence-electron chi connectivity index (χ4n) is 2.00. The van der Waals surface area contributed by atoms with Gasteiger partial charge in [0.2, 0.25) is 5.91 Å². The standard InChI is InChI=1S/C12H17ClN2OS/c1-10(13)12(16)15-6-4-14(5-7-15)9-11-3-2-8-17-11/h2-3,8,10H,4-7,9H2,1H3. The average Bonchev–Trinajstić information content (AvgIpc) is 2.82. The summed E-state index contributed by atoms with van der Waals surface area (Å²) in [6, 6.07) is 4.23. The van der Waals surface area contributed by atoms with Crippen LogP contribution in [0.2, 0.25) is 0 Å². The molecular weight excluding hydrogens is 256 g/mol. The second-order valence-electron chi connectivity index (χ2n) is 4.30. The number of rotatable bonds is 3. The van der Waals surface area contributed by atoms with Crippen LogP contribution in [0.4, 0.5) is 0 Å². The summed E-state index contributed by atoms with van der Waals surface area (Å²) in [5.41, 5.74) is 0. The molecule has 1 fully saturated rings. The SMILES string of the molecule is CC(Cl)C(=O)N1CCN(Cc2cccs2)CC1. The number of halogens is 1. The van der Waals surface area contributed by atoms with Gasteiger partial charge >= 0.3 is 0 Å². The molecule has 0 spiro atoms. The van der Waals surface area contributed by atoms with Crippen LogP contribution in [0.25, 0.3) is 0 Å². The number of hydrogen-bond acceptors (Lipinski definition) is 3. The van der Waals surface area contributed by atoms with Crippen LogP contribution in [0.3, 0.4) is 0 Å². The largest absolute Gasteiger partial charge is 0.339 e. The van der Waals surface area contributed by atoms with Gasteiger partial charge in [0, 0.05) is 37.6 Å². The number of carbonyl (C=O) groups is 1. The van der Waals surface area contributed by atoms with Gasteiger partial charge in [-0.15, -0.1) is 22.9 Å². The fourth-order valence-corrected chi connectivity index (χ4v) is 2.89. The lowest BCUT2D eigenvalue weighted by Gasteiger charge is -2.35. The molecule has 0 radical (unpaired) electrons. The Morgan fingerprint density at radius 2 is 2.18 bits per heavy atom. The predicted molar refractivity (Wildman–Crippen MR) is 71.5 cm³/mol. The van der Waals surface area contributed by atoms with E-state index in [1.165, 1.54) is 4.88 Å². The Morgan fingerprint density at radius 3 is 2.71 bits per heavy atom. The van der Waals surface area contributed by atoms with Crippen molar-refractivity contribution < 1.29 is 4.79 Å². The highest BCUT2D eigenvalue weighted by Crippen LogP contribution is 2.14. The van der Waals surface area contributed by atoms with Crippen LogP contribution in [0.5, 0.6) is 0 Å². The van der Waals surface area contributed by atoms with Gasteiger partial charge in [0.1, 0.15) is 5.38 Å². The van der Waals surface area contributed by atoms with Gasteiger partial charge in [-0.25, -0.2) is 0 Å². The number of thiophene rings is 1. The Hall–Kier alpha value is -0.580. The van der Waals surface area contributed by atoms with Gasteiger partial charge in [-0.2, -0.15) is 0 Å². The van der Waals surface area contributed by atoms with Gasteiger partial charge in [-0.3, -0.25) is 9.69 Å². The Kier molecular flexibility index (Phi) is 4.42. The first kappa shape index (κ1) is 12.9. The van der Waals surface area contributed by atoms with Crippen LogP contribution in [-0.4, -0.2) is 47.3 Å². The van der Waals surface area contributed by atoms with Gasteiger partial charge in [0.15, 0.2) is 0 Å². The molecular formula is C12H17ClN2OS. The summed E-state index contributed by atoms with van der Waals surface area (Å²) in [6.45, 7) is 6.20. The Morgan fingerprint density at radius 1 is 1.47 bits per heavy atom. The summed E-state index contributed by atoms with van der Waals surface area (Å²) in [5.74, 6) is 0.0578. The minimum atomic E-state index is -0.404. The zero-order chi connectivity index (χ0) is 12.3. The summed E-state index contributed by atoms with van der Waals surface area (Å²) in [4.78, 5) is 17.3. The van der Waals surface area contributed by atoms with Crippen molar-refractivity contribution >= 4 is 28.8 Å². The van der Waals surface area contributed by atoms with Crippen molar-refractivity contribution in [1.82, 2.24) is 9.80 Å². The summed E-state index contributed by atoms with van der Waals surface area (Å²) < 4.78 is 0. The molecule has 1 aromatic rings. The lowest BCUT2D eigenvalue weighted by Crippen LogP contribution is -2.49. The molecule has 17 heavy (non-hydrogen) atoms. The minimum absolute atomic E-state index is 0.0578. The first-order valence-electron chi connectivity index (χ1n) is 5.84. The van der Waals surface area contributed by atoms with Gasteiger partial charge < -0.3 is 4.90 Å². The number of nitrogens with zero attached hydrogens (tertiary/aromatic N) is 2. The van der Waals surface area contributed by atoms with E-state index in [2.05, 4.69) is 22.4 Å². The molecule has 1 saturated heterocycles. The quantitative estimate of drug-likeness (QED) is 0.786. The van der Waals surface area contributed by atoms with Crippen LogP contribution in [-0.2, 0) is 11.3 Å². The summed E-state index contributed by atoms with van der Waals surface area (Å²) in [7, 11) is 0. The molecule has 0 N–H and O–H groups in total. The number of hydrogen-bond donors (Lipinski definition) is 0. The van der Waals surface area contributed by atoms with Crippen molar-refractivity contribution in [2.45, 2.75) is 18.8 Å². The highest BCUT2D eigenvalue weighted by Gasteiger charge is 2.23. The molecule has 1 aromatic heterocycles. The maximum atomic E-state index is 11.7. The Bertz CT molecular complexity index is 359. The predicted octanol–water partition coefficient (Wildman–Crippen LogP) is 2.02. The molecule has 2 heterocycles. The molecule has 1 unspecified atom stereocenters. The number of amides is 1. The maximum absolute atomic E-state index is 11.7. The van der Waals surface area contributed by atoms with Gasteiger partial charge in [-0.05, 0) is 18.4 Å². The molecule has 1 aliphatic rings. The van der Waals surface area contributed by atoms with Crippen molar-refractivity contribution in [3.63, 3.8) is 0 Å². The highest BCUT2D eigenvalue weighted by molar-refractivity contribution is 7.09. The average molecular weight is 273 g/mol. The minimum Gasteiger partial charge on any atom is -0.339 e. The van der Waals surface area contributed by atoms with E-state index in [-0.39, 0.29) is 5.91 Å². The van der Waals surface area contributed by atoms with Crippen LogP contribution in [0.15, 0.2) is 17.5 Å². The fraction of sp³-hybridized carbons (Fsp3) is 0.583. The molecule has 0 bridgehead atoms. The van der Waals surface area contributed by atoms with Crippen LogP contribution >= 0.6 is 22.9 Å². The van der Waals surface area contributed by atoms with Crippen LogP contribution in [0.1, 0.15) is 11.8 Å². The molecule has 2 rings (SSSR count). The van der Waals surface area contributed by atoms with Crippen molar-refractivity contribution in [3.05, 3.63) is 22.4 Å². The molecule has 5 heteroatoms. The molecule has 0 saturated carbocycles. The van der Waals surface area contributed by atoms with Crippen LogP contribution < -0.4 is 0 Å². The second-order valence-corrected chi connectivity index (χ2v) is 5.98. The first-order valence-corrected chi connectivity index (χ1v) is 7.16. The third-order valence-corrected chi connectivity index (χ3v) is 4.03. The van der Waals surface area contributed by atoms with Crippen molar-refractivity contribution in [2.75, 3.05) is 26.2 Å². The van der Waals surface area contributed by atoms with Gasteiger partial charge in [0.25, 0.3) is 0 Å².